The van der Waals surface area contributed by atoms with Crippen molar-refractivity contribution in [2.45, 2.75) is 6.92 Å². The first-order valence-electron chi connectivity index (χ1n) is 5.40. The lowest BCUT2D eigenvalue weighted by Gasteiger charge is -2.06. The topological polar surface area (TPSA) is 64.3 Å². The molecule has 0 aliphatic heterocycles. The first kappa shape index (κ1) is 12.4. The largest absolute Gasteiger partial charge is 0.496 e. The average Bonchev–Trinajstić information content (AvgIpc) is 2.82. The molecule has 0 unspecified atom stereocenters. The van der Waals surface area contributed by atoms with Gasteiger partial charge in [0.05, 0.1) is 12.0 Å². The zero-order valence-corrected chi connectivity index (χ0v) is 11.0. The van der Waals surface area contributed by atoms with Crippen LogP contribution in [0.25, 0.3) is 0 Å². The van der Waals surface area contributed by atoms with Gasteiger partial charge in [0, 0.05) is 22.8 Å². The predicted molar refractivity (Wildman–Crippen MR) is 74.4 cm³/mol. The van der Waals surface area contributed by atoms with E-state index >= 15 is 0 Å². The predicted octanol–water partition coefficient (Wildman–Crippen LogP) is 2.90. The van der Waals surface area contributed by atoms with Gasteiger partial charge in [0.1, 0.15) is 5.75 Å². The molecule has 2 aromatic rings. The molecule has 1 aromatic heterocycles. The molecule has 3 N–H and O–H groups in total. The van der Waals surface area contributed by atoms with Gasteiger partial charge in [-0.1, -0.05) is 0 Å². The van der Waals surface area contributed by atoms with Crippen molar-refractivity contribution in [3.05, 3.63) is 40.1 Å². The van der Waals surface area contributed by atoms with Gasteiger partial charge >= 0.3 is 0 Å². The van der Waals surface area contributed by atoms with Gasteiger partial charge in [0.2, 0.25) is 0 Å². The Kier molecular flexibility index (Phi) is 3.53. The Morgan fingerprint density at radius 3 is 2.78 bits per heavy atom. The number of nitrogens with two attached hydrogens (primary N) is 1. The average molecular weight is 262 g/mol. The second-order valence-electron chi connectivity index (χ2n) is 3.88. The molecule has 2 rings (SSSR count). The van der Waals surface area contributed by atoms with Crippen LogP contribution in [-0.4, -0.2) is 13.0 Å². The minimum absolute atomic E-state index is 0.146. The molecule has 0 saturated heterocycles. The number of thiophene rings is 1. The van der Waals surface area contributed by atoms with E-state index in [0.717, 1.165) is 11.3 Å². The van der Waals surface area contributed by atoms with E-state index in [2.05, 4.69) is 5.32 Å². The number of hydrogen-bond acceptors (Lipinski definition) is 4. The number of amides is 1. The van der Waals surface area contributed by atoms with Crippen LogP contribution in [0.5, 0.6) is 5.75 Å². The summed E-state index contributed by atoms with van der Waals surface area (Å²) >= 11 is 1.35. The number of benzene rings is 1. The normalized spacial score (nSPS) is 10.1. The van der Waals surface area contributed by atoms with E-state index in [1.165, 1.54) is 11.3 Å². The molecule has 0 aliphatic carbocycles. The molecule has 18 heavy (non-hydrogen) atoms. The van der Waals surface area contributed by atoms with Crippen LogP contribution in [-0.2, 0) is 0 Å². The van der Waals surface area contributed by atoms with Gasteiger partial charge in [-0.3, -0.25) is 4.79 Å². The maximum atomic E-state index is 12.0. The third kappa shape index (κ3) is 2.62. The maximum Gasteiger partial charge on any atom is 0.265 e. The second kappa shape index (κ2) is 5.10. The molecule has 0 fully saturated rings. The summed E-state index contributed by atoms with van der Waals surface area (Å²) in [6, 6.07) is 7.12. The fourth-order valence-corrected chi connectivity index (χ4v) is 2.24. The Morgan fingerprint density at radius 2 is 2.17 bits per heavy atom. The zero-order chi connectivity index (χ0) is 13.1. The number of rotatable bonds is 3. The fraction of sp³-hybridized carbons (Fsp3) is 0.154. The lowest BCUT2D eigenvalue weighted by atomic mass is 10.2. The molecule has 0 bridgehead atoms. The Labute approximate surface area is 109 Å². The van der Waals surface area contributed by atoms with Crippen molar-refractivity contribution in [2.75, 3.05) is 18.2 Å². The van der Waals surface area contributed by atoms with E-state index in [1.807, 2.05) is 13.0 Å². The second-order valence-corrected chi connectivity index (χ2v) is 4.79. The summed E-state index contributed by atoms with van der Waals surface area (Å²) in [5.41, 5.74) is 8.12. The number of aryl methyl sites for hydroxylation is 1. The van der Waals surface area contributed by atoms with Crippen LogP contribution >= 0.6 is 11.3 Å². The minimum Gasteiger partial charge on any atom is -0.496 e. The van der Waals surface area contributed by atoms with Crippen LogP contribution in [0.2, 0.25) is 0 Å². The van der Waals surface area contributed by atoms with Gasteiger partial charge in [-0.25, -0.2) is 0 Å². The summed E-state index contributed by atoms with van der Waals surface area (Å²) in [6.07, 6.45) is 0. The van der Waals surface area contributed by atoms with Gasteiger partial charge in [0.25, 0.3) is 5.91 Å². The molecule has 1 amide bonds. The Morgan fingerprint density at radius 1 is 1.39 bits per heavy atom. The van der Waals surface area contributed by atoms with Crippen LogP contribution in [0.3, 0.4) is 0 Å². The van der Waals surface area contributed by atoms with E-state index in [1.54, 1.807) is 30.7 Å². The first-order chi connectivity index (χ1) is 8.60. The maximum absolute atomic E-state index is 12.0. The van der Waals surface area contributed by atoms with E-state index in [0.29, 0.717) is 16.3 Å². The van der Waals surface area contributed by atoms with E-state index in [9.17, 15) is 4.79 Å². The van der Waals surface area contributed by atoms with Crippen LogP contribution in [0.1, 0.15) is 15.2 Å². The number of hydrogen-bond donors (Lipinski definition) is 2. The fourth-order valence-electron chi connectivity index (χ4n) is 1.49. The van der Waals surface area contributed by atoms with E-state index in [-0.39, 0.29) is 5.91 Å². The molecule has 0 atom stereocenters. The third-order valence-corrected chi connectivity index (χ3v) is 3.47. The van der Waals surface area contributed by atoms with Crippen LogP contribution in [0.4, 0.5) is 11.4 Å². The smallest absolute Gasteiger partial charge is 0.265 e. The van der Waals surface area contributed by atoms with Crippen LogP contribution in [0.15, 0.2) is 29.6 Å². The molecule has 5 heteroatoms. The van der Waals surface area contributed by atoms with E-state index < -0.39 is 0 Å². The summed E-state index contributed by atoms with van der Waals surface area (Å²) in [4.78, 5) is 12.6. The Bertz CT molecular complexity index is 578. The molecule has 94 valence electrons. The van der Waals surface area contributed by atoms with Gasteiger partial charge < -0.3 is 15.8 Å². The number of nitrogen functional groups attached to an aromatic ring is 1. The molecular formula is C13H14N2O2S. The molecular weight excluding hydrogens is 248 g/mol. The lowest BCUT2D eigenvalue weighted by Crippen LogP contribution is -2.10. The van der Waals surface area contributed by atoms with Gasteiger partial charge in [0.15, 0.2) is 0 Å². The van der Waals surface area contributed by atoms with Crippen molar-refractivity contribution in [1.82, 2.24) is 0 Å². The molecule has 0 saturated carbocycles. The van der Waals surface area contributed by atoms with Crippen LogP contribution < -0.4 is 15.8 Å². The Hall–Kier alpha value is -2.01. The number of nitrogens with one attached hydrogen (secondary N) is 1. The van der Waals surface area contributed by atoms with Crippen LogP contribution in [0, 0.1) is 6.92 Å². The highest BCUT2D eigenvalue weighted by molar-refractivity contribution is 7.12. The monoisotopic (exact) mass is 262 g/mol. The van der Waals surface area contributed by atoms with Gasteiger partial charge in [-0.15, -0.1) is 11.3 Å². The zero-order valence-electron chi connectivity index (χ0n) is 10.2. The molecule has 0 aliphatic rings. The summed E-state index contributed by atoms with van der Waals surface area (Å²) < 4.78 is 5.04. The SMILES string of the molecule is COc1csc(C(=O)Nc2ccc(N)c(C)c2)c1. The molecule has 1 aromatic carbocycles. The summed E-state index contributed by atoms with van der Waals surface area (Å²) in [6.45, 7) is 1.90. The molecule has 1 heterocycles. The van der Waals surface area contributed by atoms with Crippen molar-refractivity contribution in [3.63, 3.8) is 0 Å². The standard InChI is InChI=1S/C13H14N2O2S/c1-8-5-9(3-4-11(8)14)15-13(16)12-6-10(17-2)7-18-12/h3-7H,14H2,1-2H3,(H,15,16). The third-order valence-electron chi connectivity index (χ3n) is 2.56. The number of carbonyl (C=O) groups excluding carboxylic acids is 1. The highest BCUT2D eigenvalue weighted by atomic mass is 32.1. The van der Waals surface area contributed by atoms with Gasteiger partial charge in [-0.05, 0) is 30.7 Å². The first-order valence-corrected chi connectivity index (χ1v) is 6.28. The highest BCUT2D eigenvalue weighted by Crippen LogP contribution is 2.23. The quantitative estimate of drug-likeness (QED) is 0.836. The number of methoxy groups -OCH3 is 1. The number of carbonyl (C=O) groups is 1. The van der Waals surface area contributed by atoms with Crippen molar-refractivity contribution < 1.29 is 9.53 Å². The minimum atomic E-state index is -0.146. The highest BCUT2D eigenvalue weighted by Gasteiger charge is 2.10. The van der Waals surface area contributed by atoms with E-state index in [4.69, 9.17) is 10.5 Å². The van der Waals surface area contributed by atoms with Gasteiger partial charge in [-0.2, -0.15) is 0 Å². The van der Waals surface area contributed by atoms with Crippen molar-refractivity contribution in [2.24, 2.45) is 0 Å². The van der Waals surface area contributed by atoms with Crippen molar-refractivity contribution >= 4 is 28.6 Å². The number of ether oxygens (including phenoxy) is 1. The molecule has 0 radical (unpaired) electrons. The summed E-state index contributed by atoms with van der Waals surface area (Å²) in [5, 5.41) is 4.62. The summed E-state index contributed by atoms with van der Waals surface area (Å²) in [7, 11) is 1.58. The summed E-state index contributed by atoms with van der Waals surface area (Å²) in [5.74, 6) is 0.547. The molecule has 0 spiro atoms. The number of anilines is 2. The molecule has 4 nitrogen and oxygen atoms in total. The van der Waals surface area contributed by atoms with Crippen molar-refractivity contribution in [3.8, 4) is 5.75 Å². The Balaban J connectivity index is 2.13. The lowest BCUT2D eigenvalue weighted by molar-refractivity contribution is 0.103. The van der Waals surface area contributed by atoms with Crippen molar-refractivity contribution in [1.29, 1.82) is 0 Å².